The molecular formula is C11H15BrClNO3. The van der Waals surface area contributed by atoms with Crippen molar-refractivity contribution in [3.63, 3.8) is 0 Å². The fourth-order valence-electron chi connectivity index (χ4n) is 1.40. The molecular weight excluding hydrogens is 309 g/mol. The Morgan fingerprint density at radius 1 is 1.53 bits per heavy atom. The lowest BCUT2D eigenvalue weighted by Crippen LogP contribution is -2.21. The van der Waals surface area contributed by atoms with Gasteiger partial charge in [-0.3, -0.25) is 0 Å². The third kappa shape index (κ3) is 4.03. The molecule has 0 aliphatic heterocycles. The quantitative estimate of drug-likeness (QED) is 0.700. The first-order valence-electron chi connectivity index (χ1n) is 5.07. The van der Waals surface area contributed by atoms with Gasteiger partial charge >= 0.3 is 0 Å². The van der Waals surface area contributed by atoms with E-state index < -0.39 is 6.10 Å². The molecule has 0 radical (unpaired) electrons. The monoisotopic (exact) mass is 323 g/mol. The summed E-state index contributed by atoms with van der Waals surface area (Å²) < 4.78 is 6.04. The molecule has 0 aliphatic carbocycles. The molecule has 1 atom stereocenters. The van der Waals surface area contributed by atoms with Gasteiger partial charge in [-0.1, -0.05) is 15.9 Å². The van der Waals surface area contributed by atoms with E-state index >= 15 is 0 Å². The Hall–Kier alpha value is -0.490. The molecule has 1 aromatic rings. The summed E-state index contributed by atoms with van der Waals surface area (Å²) in [6.07, 6.45) is -0.642. The molecule has 0 bridgehead atoms. The lowest BCUT2D eigenvalue weighted by Gasteiger charge is -2.17. The first kappa shape index (κ1) is 14.6. The summed E-state index contributed by atoms with van der Waals surface area (Å²) in [5, 5.41) is 21.7. The Labute approximate surface area is 114 Å². The van der Waals surface area contributed by atoms with Gasteiger partial charge < -0.3 is 20.3 Å². The minimum absolute atomic E-state index is 0.116. The van der Waals surface area contributed by atoms with Crippen LogP contribution in [-0.4, -0.2) is 35.9 Å². The number of ether oxygens (including phenoxy) is 1. The van der Waals surface area contributed by atoms with Crippen molar-refractivity contribution in [3.8, 4) is 5.75 Å². The van der Waals surface area contributed by atoms with Gasteiger partial charge in [-0.15, -0.1) is 11.6 Å². The van der Waals surface area contributed by atoms with Crippen molar-refractivity contribution in [3.05, 3.63) is 22.2 Å². The van der Waals surface area contributed by atoms with Gasteiger partial charge in [-0.2, -0.15) is 0 Å². The largest absolute Gasteiger partial charge is 0.495 e. The highest BCUT2D eigenvalue weighted by atomic mass is 79.9. The average molecular weight is 325 g/mol. The Bertz CT molecular complexity index is 351. The molecule has 3 N–H and O–H groups in total. The maximum atomic E-state index is 9.39. The van der Waals surface area contributed by atoms with Crippen molar-refractivity contribution in [2.45, 2.75) is 12.7 Å². The van der Waals surface area contributed by atoms with Crippen LogP contribution in [0.5, 0.6) is 5.75 Å². The Kier molecular flexibility index (Phi) is 6.05. The van der Waals surface area contributed by atoms with Crippen molar-refractivity contribution in [1.82, 2.24) is 0 Å². The van der Waals surface area contributed by atoms with E-state index in [2.05, 4.69) is 21.2 Å². The molecule has 1 rings (SSSR count). The van der Waals surface area contributed by atoms with Crippen molar-refractivity contribution in [2.24, 2.45) is 0 Å². The van der Waals surface area contributed by atoms with E-state index in [1.165, 1.54) is 0 Å². The van der Waals surface area contributed by atoms with Crippen molar-refractivity contribution in [1.29, 1.82) is 0 Å². The molecule has 96 valence electrons. The zero-order chi connectivity index (χ0) is 12.8. The smallest absolute Gasteiger partial charge is 0.143 e. The molecule has 0 saturated heterocycles. The summed E-state index contributed by atoms with van der Waals surface area (Å²) in [6.45, 7) is 0.184. The molecule has 0 aromatic heterocycles. The number of aliphatic hydroxyl groups excluding tert-OH is 2. The van der Waals surface area contributed by atoms with E-state index in [4.69, 9.17) is 16.3 Å². The van der Waals surface area contributed by atoms with Gasteiger partial charge in [0, 0.05) is 16.6 Å². The van der Waals surface area contributed by atoms with Crippen LogP contribution in [0.3, 0.4) is 0 Å². The molecule has 17 heavy (non-hydrogen) atoms. The van der Waals surface area contributed by atoms with Crippen LogP contribution >= 0.6 is 27.5 Å². The topological polar surface area (TPSA) is 61.7 Å². The summed E-state index contributed by atoms with van der Waals surface area (Å²) in [4.78, 5) is 0. The Balaban J connectivity index is 2.94. The summed E-state index contributed by atoms with van der Waals surface area (Å²) in [6, 6.07) is 3.58. The molecule has 0 heterocycles. The molecule has 4 nitrogen and oxygen atoms in total. The molecule has 0 amide bonds. The van der Waals surface area contributed by atoms with Gasteiger partial charge in [0.15, 0.2) is 0 Å². The number of hydrogen-bond donors (Lipinski definition) is 3. The van der Waals surface area contributed by atoms with Crippen LogP contribution in [0.15, 0.2) is 16.6 Å². The van der Waals surface area contributed by atoms with Crippen LogP contribution in [0, 0.1) is 0 Å². The number of hydrogen-bond acceptors (Lipinski definition) is 4. The van der Waals surface area contributed by atoms with Gasteiger partial charge in [-0.05, 0) is 12.1 Å². The van der Waals surface area contributed by atoms with Gasteiger partial charge in [0.05, 0.1) is 31.4 Å². The van der Waals surface area contributed by atoms with Gasteiger partial charge in [-0.25, -0.2) is 0 Å². The molecule has 6 heteroatoms. The normalized spacial score (nSPS) is 12.3. The highest BCUT2D eigenvalue weighted by Gasteiger charge is 2.11. The fraction of sp³-hybridized carbons (Fsp3) is 0.455. The molecule has 1 unspecified atom stereocenters. The van der Waals surface area contributed by atoms with E-state index in [0.29, 0.717) is 23.5 Å². The number of anilines is 1. The van der Waals surface area contributed by atoms with Crippen LogP contribution in [-0.2, 0) is 6.61 Å². The van der Waals surface area contributed by atoms with Crippen molar-refractivity contribution >= 4 is 33.2 Å². The number of aliphatic hydroxyl groups is 2. The van der Waals surface area contributed by atoms with Crippen LogP contribution in [0.4, 0.5) is 5.69 Å². The van der Waals surface area contributed by atoms with Gasteiger partial charge in [0.1, 0.15) is 5.75 Å². The lowest BCUT2D eigenvalue weighted by atomic mass is 10.1. The third-order valence-corrected chi connectivity index (χ3v) is 3.05. The predicted octanol–water partition coefficient (Wildman–Crippen LogP) is 1.96. The Morgan fingerprint density at radius 3 is 2.76 bits per heavy atom. The maximum absolute atomic E-state index is 9.39. The van der Waals surface area contributed by atoms with Crippen molar-refractivity contribution in [2.75, 3.05) is 24.9 Å². The van der Waals surface area contributed by atoms with E-state index in [1.807, 2.05) is 0 Å². The van der Waals surface area contributed by atoms with E-state index in [1.54, 1.807) is 19.2 Å². The van der Waals surface area contributed by atoms with E-state index in [0.717, 1.165) is 4.47 Å². The van der Waals surface area contributed by atoms with Crippen LogP contribution in [0.1, 0.15) is 5.56 Å². The second kappa shape index (κ2) is 7.06. The summed E-state index contributed by atoms with van der Waals surface area (Å²) in [5.41, 5.74) is 1.36. The number of rotatable bonds is 6. The summed E-state index contributed by atoms with van der Waals surface area (Å²) >= 11 is 8.85. The first-order valence-corrected chi connectivity index (χ1v) is 6.40. The zero-order valence-electron chi connectivity index (χ0n) is 9.41. The zero-order valence-corrected chi connectivity index (χ0v) is 11.8. The molecule has 0 fully saturated rings. The number of benzene rings is 1. The number of methoxy groups -OCH3 is 1. The second-order valence-corrected chi connectivity index (χ2v) is 4.71. The molecule has 0 spiro atoms. The molecule has 0 aliphatic rings. The average Bonchev–Trinajstić information content (AvgIpc) is 2.35. The van der Waals surface area contributed by atoms with E-state index in [9.17, 15) is 10.2 Å². The van der Waals surface area contributed by atoms with E-state index in [-0.39, 0.29) is 12.5 Å². The SMILES string of the molecule is COc1cc(Br)cc(CO)c1NCC(O)CCl. The third-order valence-electron chi connectivity index (χ3n) is 2.23. The van der Waals surface area contributed by atoms with Crippen LogP contribution < -0.4 is 10.1 Å². The minimum atomic E-state index is -0.642. The van der Waals surface area contributed by atoms with Crippen LogP contribution in [0.25, 0.3) is 0 Å². The number of halogens is 2. The maximum Gasteiger partial charge on any atom is 0.143 e. The highest BCUT2D eigenvalue weighted by molar-refractivity contribution is 9.10. The molecule has 0 saturated carbocycles. The predicted molar refractivity (Wildman–Crippen MR) is 71.8 cm³/mol. The second-order valence-electron chi connectivity index (χ2n) is 3.49. The summed E-state index contributed by atoms with van der Waals surface area (Å²) in [5.74, 6) is 0.755. The van der Waals surface area contributed by atoms with Gasteiger partial charge in [0.2, 0.25) is 0 Å². The number of alkyl halides is 1. The number of nitrogens with one attached hydrogen (secondary N) is 1. The fourth-order valence-corrected chi connectivity index (χ4v) is 1.99. The standard InChI is InChI=1S/C11H15BrClNO3/c1-17-10-3-8(12)2-7(6-15)11(10)14-5-9(16)4-13/h2-3,9,14-16H,4-6H2,1H3. The van der Waals surface area contributed by atoms with Crippen molar-refractivity contribution < 1.29 is 14.9 Å². The summed E-state index contributed by atoms with van der Waals surface area (Å²) in [7, 11) is 1.55. The first-order chi connectivity index (χ1) is 8.12. The minimum Gasteiger partial charge on any atom is -0.495 e. The lowest BCUT2D eigenvalue weighted by molar-refractivity contribution is 0.211. The Morgan fingerprint density at radius 2 is 2.24 bits per heavy atom. The molecule has 1 aromatic carbocycles. The highest BCUT2D eigenvalue weighted by Crippen LogP contribution is 2.32. The van der Waals surface area contributed by atoms with Gasteiger partial charge in [0.25, 0.3) is 0 Å². The van der Waals surface area contributed by atoms with Crippen LogP contribution in [0.2, 0.25) is 0 Å².